The summed E-state index contributed by atoms with van der Waals surface area (Å²) < 4.78 is 9.52. The van der Waals surface area contributed by atoms with Gasteiger partial charge in [-0.15, -0.1) is 0 Å². The standard InChI is InChI=1S/C18H22N2O6/c1-11(2)19-18(24)20-16(22)12(3)26-15(21)10-7-13-5-8-14(9-6-13)17(23)25-4/h5-12H,1-4H3,(H2,19,20,22,24)/b10-7+/t12-/m1/s1. The van der Waals surface area contributed by atoms with E-state index in [1.807, 2.05) is 0 Å². The van der Waals surface area contributed by atoms with Crippen molar-refractivity contribution in [2.75, 3.05) is 7.11 Å². The molecule has 140 valence electrons. The van der Waals surface area contributed by atoms with Gasteiger partial charge in [0.25, 0.3) is 5.91 Å². The van der Waals surface area contributed by atoms with E-state index in [9.17, 15) is 19.2 Å². The molecule has 26 heavy (non-hydrogen) atoms. The van der Waals surface area contributed by atoms with Crippen LogP contribution in [-0.2, 0) is 19.1 Å². The maximum absolute atomic E-state index is 11.8. The molecular formula is C18H22N2O6. The van der Waals surface area contributed by atoms with Crippen molar-refractivity contribution in [2.24, 2.45) is 0 Å². The van der Waals surface area contributed by atoms with E-state index in [-0.39, 0.29) is 6.04 Å². The van der Waals surface area contributed by atoms with E-state index in [1.165, 1.54) is 20.1 Å². The minimum absolute atomic E-state index is 0.130. The minimum Gasteiger partial charge on any atom is -0.465 e. The van der Waals surface area contributed by atoms with Crippen molar-refractivity contribution in [2.45, 2.75) is 32.9 Å². The molecule has 3 amide bonds. The van der Waals surface area contributed by atoms with Gasteiger partial charge in [0.1, 0.15) is 0 Å². The van der Waals surface area contributed by atoms with Gasteiger partial charge in [0.2, 0.25) is 0 Å². The van der Waals surface area contributed by atoms with Gasteiger partial charge in [0.05, 0.1) is 12.7 Å². The number of amides is 3. The van der Waals surface area contributed by atoms with Crippen molar-refractivity contribution in [1.29, 1.82) is 0 Å². The first kappa shape index (κ1) is 20.9. The molecule has 0 aliphatic heterocycles. The summed E-state index contributed by atoms with van der Waals surface area (Å²) in [5.41, 5.74) is 1.04. The number of imide groups is 1. The molecule has 2 N–H and O–H groups in total. The molecule has 1 atom stereocenters. The number of esters is 2. The maximum atomic E-state index is 11.8. The summed E-state index contributed by atoms with van der Waals surface area (Å²) in [7, 11) is 1.29. The van der Waals surface area contributed by atoms with Crippen LogP contribution in [0.2, 0.25) is 0 Å². The normalized spacial score (nSPS) is 11.7. The van der Waals surface area contributed by atoms with Crippen LogP contribution in [0.1, 0.15) is 36.7 Å². The quantitative estimate of drug-likeness (QED) is 0.588. The Morgan fingerprint density at radius 1 is 1.04 bits per heavy atom. The molecule has 8 nitrogen and oxygen atoms in total. The second kappa shape index (κ2) is 9.97. The summed E-state index contributed by atoms with van der Waals surface area (Å²) in [4.78, 5) is 46.3. The molecule has 0 aliphatic rings. The fourth-order valence-electron chi connectivity index (χ4n) is 1.79. The van der Waals surface area contributed by atoms with Gasteiger partial charge in [-0.05, 0) is 44.5 Å². The first-order chi connectivity index (χ1) is 12.2. The Bertz CT molecular complexity index is 694. The molecule has 0 aliphatic carbocycles. The lowest BCUT2D eigenvalue weighted by Gasteiger charge is -2.13. The third-order valence-electron chi connectivity index (χ3n) is 3.06. The largest absolute Gasteiger partial charge is 0.465 e. The highest BCUT2D eigenvalue weighted by Crippen LogP contribution is 2.07. The molecule has 1 aromatic rings. The Hall–Kier alpha value is -3.16. The van der Waals surface area contributed by atoms with Gasteiger partial charge in [-0.25, -0.2) is 14.4 Å². The minimum atomic E-state index is -1.13. The molecule has 0 radical (unpaired) electrons. The summed E-state index contributed by atoms with van der Waals surface area (Å²) in [6.07, 6.45) is 1.48. The third kappa shape index (κ3) is 7.16. The number of benzene rings is 1. The molecule has 0 saturated carbocycles. The predicted molar refractivity (Wildman–Crippen MR) is 94.2 cm³/mol. The molecule has 0 spiro atoms. The average Bonchev–Trinajstić information content (AvgIpc) is 2.58. The molecule has 0 aromatic heterocycles. The number of ether oxygens (including phenoxy) is 2. The Kier molecular flexibility index (Phi) is 8.01. The molecule has 1 aromatic carbocycles. The van der Waals surface area contributed by atoms with Crippen LogP contribution >= 0.6 is 0 Å². The molecule has 8 heteroatoms. The maximum Gasteiger partial charge on any atom is 0.337 e. The first-order valence-corrected chi connectivity index (χ1v) is 7.91. The Morgan fingerprint density at radius 2 is 1.65 bits per heavy atom. The van der Waals surface area contributed by atoms with Crippen LogP contribution < -0.4 is 10.6 Å². The van der Waals surface area contributed by atoms with Crippen molar-refractivity contribution < 1.29 is 28.7 Å². The molecule has 0 unspecified atom stereocenters. The van der Waals surface area contributed by atoms with E-state index in [4.69, 9.17) is 4.74 Å². The van der Waals surface area contributed by atoms with Gasteiger partial charge in [0, 0.05) is 12.1 Å². The van der Waals surface area contributed by atoms with Crippen molar-refractivity contribution in [3.8, 4) is 0 Å². The number of urea groups is 1. The van der Waals surface area contributed by atoms with E-state index in [0.717, 1.165) is 6.08 Å². The van der Waals surface area contributed by atoms with Crippen LogP contribution in [0.4, 0.5) is 4.79 Å². The Labute approximate surface area is 151 Å². The lowest BCUT2D eigenvalue weighted by Crippen LogP contribution is -2.46. The van der Waals surface area contributed by atoms with Gasteiger partial charge < -0.3 is 14.8 Å². The number of hydrogen-bond acceptors (Lipinski definition) is 6. The van der Waals surface area contributed by atoms with E-state index < -0.39 is 30.0 Å². The smallest absolute Gasteiger partial charge is 0.337 e. The zero-order valence-corrected chi connectivity index (χ0v) is 15.1. The molecule has 1 rings (SSSR count). The van der Waals surface area contributed by atoms with Gasteiger partial charge in [-0.3, -0.25) is 10.1 Å². The van der Waals surface area contributed by atoms with Crippen molar-refractivity contribution in [1.82, 2.24) is 10.6 Å². The van der Waals surface area contributed by atoms with Crippen LogP contribution in [0.5, 0.6) is 0 Å². The lowest BCUT2D eigenvalue weighted by atomic mass is 10.1. The molecular weight excluding hydrogens is 340 g/mol. The summed E-state index contributed by atoms with van der Waals surface area (Å²) in [5, 5.41) is 4.57. The Morgan fingerprint density at radius 3 is 2.19 bits per heavy atom. The van der Waals surface area contributed by atoms with Crippen LogP contribution in [0, 0.1) is 0 Å². The van der Waals surface area contributed by atoms with Crippen LogP contribution in [0.25, 0.3) is 6.08 Å². The monoisotopic (exact) mass is 362 g/mol. The van der Waals surface area contributed by atoms with Gasteiger partial charge in [-0.1, -0.05) is 12.1 Å². The van der Waals surface area contributed by atoms with Gasteiger partial charge >= 0.3 is 18.0 Å². The summed E-state index contributed by atoms with van der Waals surface area (Å²) in [6.45, 7) is 4.85. The van der Waals surface area contributed by atoms with E-state index >= 15 is 0 Å². The molecule has 0 heterocycles. The topological polar surface area (TPSA) is 111 Å². The number of methoxy groups -OCH3 is 1. The zero-order chi connectivity index (χ0) is 19.7. The van der Waals surface area contributed by atoms with E-state index in [0.29, 0.717) is 11.1 Å². The van der Waals surface area contributed by atoms with Crippen LogP contribution in [-0.4, -0.2) is 43.1 Å². The number of nitrogens with one attached hydrogen (secondary N) is 2. The summed E-state index contributed by atoms with van der Waals surface area (Å²) in [5.74, 6) is -1.93. The summed E-state index contributed by atoms with van der Waals surface area (Å²) >= 11 is 0. The molecule has 0 saturated heterocycles. The molecule has 0 bridgehead atoms. The zero-order valence-electron chi connectivity index (χ0n) is 15.1. The number of carbonyl (C=O) groups excluding carboxylic acids is 4. The fraction of sp³-hybridized carbons (Fsp3) is 0.333. The number of rotatable bonds is 6. The van der Waals surface area contributed by atoms with Crippen LogP contribution in [0.3, 0.4) is 0 Å². The highest BCUT2D eigenvalue weighted by molar-refractivity contribution is 5.98. The van der Waals surface area contributed by atoms with Crippen molar-refractivity contribution in [3.05, 3.63) is 41.5 Å². The third-order valence-corrected chi connectivity index (χ3v) is 3.06. The Balaban J connectivity index is 2.54. The highest BCUT2D eigenvalue weighted by Gasteiger charge is 2.19. The van der Waals surface area contributed by atoms with Crippen LogP contribution in [0.15, 0.2) is 30.3 Å². The van der Waals surface area contributed by atoms with Gasteiger partial charge in [-0.2, -0.15) is 0 Å². The fourth-order valence-corrected chi connectivity index (χ4v) is 1.79. The van der Waals surface area contributed by atoms with Crippen molar-refractivity contribution in [3.63, 3.8) is 0 Å². The second-order valence-electron chi connectivity index (χ2n) is 5.64. The predicted octanol–water partition coefficient (Wildman–Crippen LogP) is 1.65. The summed E-state index contributed by atoms with van der Waals surface area (Å²) in [6, 6.07) is 5.58. The number of hydrogen-bond donors (Lipinski definition) is 2. The first-order valence-electron chi connectivity index (χ1n) is 7.91. The number of carbonyl (C=O) groups is 4. The highest BCUT2D eigenvalue weighted by atomic mass is 16.5. The lowest BCUT2D eigenvalue weighted by molar-refractivity contribution is -0.149. The SMILES string of the molecule is COC(=O)c1ccc(/C=C/C(=O)O[C@H](C)C(=O)NC(=O)NC(C)C)cc1. The van der Waals surface area contributed by atoms with E-state index in [1.54, 1.807) is 38.1 Å². The van der Waals surface area contributed by atoms with Crippen molar-refractivity contribution >= 4 is 30.0 Å². The molecule has 0 fully saturated rings. The average molecular weight is 362 g/mol. The van der Waals surface area contributed by atoms with Gasteiger partial charge in [0.15, 0.2) is 6.10 Å². The van der Waals surface area contributed by atoms with E-state index in [2.05, 4.69) is 15.4 Å². The second-order valence-corrected chi connectivity index (χ2v) is 5.64.